The summed E-state index contributed by atoms with van der Waals surface area (Å²) in [6.45, 7) is 1.97. The third-order valence-electron chi connectivity index (χ3n) is 4.31. The molecule has 0 bridgehead atoms. The molecule has 0 saturated carbocycles. The number of nitrogens with one attached hydrogen (secondary N) is 1. The molecule has 7 heteroatoms. The normalized spacial score (nSPS) is 10.8. The van der Waals surface area contributed by atoms with Gasteiger partial charge < -0.3 is 5.32 Å². The number of carbonyl (C=O) groups is 1. The van der Waals surface area contributed by atoms with Gasteiger partial charge in [0.1, 0.15) is 11.5 Å². The van der Waals surface area contributed by atoms with Crippen molar-refractivity contribution in [1.82, 2.24) is 14.8 Å². The van der Waals surface area contributed by atoms with Gasteiger partial charge in [0.2, 0.25) is 0 Å². The molecule has 4 aromatic rings. The maximum atomic E-state index is 13.1. The zero-order valence-corrected chi connectivity index (χ0v) is 16.1. The van der Waals surface area contributed by atoms with Crippen molar-refractivity contribution in [3.05, 3.63) is 76.5 Å². The minimum absolute atomic E-state index is 0.263. The van der Waals surface area contributed by atoms with Crippen LogP contribution in [0.3, 0.4) is 0 Å². The van der Waals surface area contributed by atoms with E-state index < -0.39 is 0 Å². The molecule has 4 rings (SSSR count). The van der Waals surface area contributed by atoms with E-state index in [-0.39, 0.29) is 11.7 Å². The second kappa shape index (κ2) is 7.36. The van der Waals surface area contributed by atoms with E-state index in [4.69, 9.17) is 0 Å². The second-order valence-electron chi connectivity index (χ2n) is 6.33. The first kappa shape index (κ1) is 18.1. The van der Waals surface area contributed by atoms with Gasteiger partial charge in [0.05, 0.1) is 16.4 Å². The minimum Gasteiger partial charge on any atom is -0.321 e. The number of aryl methyl sites for hydroxylation is 2. The highest BCUT2D eigenvalue weighted by molar-refractivity contribution is 7.09. The van der Waals surface area contributed by atoms with Gasteiger partial charge in [-0.25, -0.2) is 9.37 Å². The van der Waals surface area contributed by atoms with Crippen molar-refractivity contribution in [1.29, 1.82) is 0 Å². The topological polar surface area (TPSA) is 59.8 Å². The molecule has 0 aliphatic rings. The number of halogens is 1. The fraction of sp³-hybridized carbons (Fsp3) is 0.0952. The van der Waals surface area contributed by atoms with Crippen LogP contribution in [0.15, 0.2) is 60.0 Å². The van der Waals surface area contributed by atoms with Gasteiger partial charge in [0.15, 0.2) is 0 Å². The summed E-state index contributed by atoms with van der Waals surface area (Å²) in [6.07, 6.45) is 0. The highest BCUT2D eigenvalue weighted by Crippen LogP contribution is 2.24. The zero-order valence-electron chi connectivity index (χ0n) is 15.3. The summed E-state index contributed by atoms with van der Waals surface area (Å²) >= 11 is 1.60. The number of hydrogen-bond acceptors (Lipinski definition) is 4. The SMILES string of the molecule is Cc1nc(-c2ccc(NC(=O)c3cc(-c4ccc(F)cc4)nn3C)cc2)cs1. The van der Waals surface area contributed by atoms with Crippen molar-refractivity contribution in [2.24, 2.45) is 7.05 Å². The quantitative estimate of drug-likeness (QED) is 0.537. The summed E-state index contributed by atoms with van der Waals surface area (Å²) in [5, 5.41) is 10.3. The van der Waals surface area contributed by atoms with E-state index in [1.54, 1.807) is 36.6 Å². The summed E-state index contributed by atoms with van der Waals surface area (Å²) in [6, 6.07) is 15.3. The number of nitrogens with zero attached hydrogens (tertiary/aromatic N) is 3. The van der Waals surface area contributed by atoms with Crippen LogP contribution in [-0.2, 0) is 7.05 Å². The molecule has 0 aliphatic carbocycles. The lowest BCUT2D eigenvalue weighted by Gasteiger charge is -2.06. The predicted molar refractivity (Wildman–Crippen MR) is 109 cm³/mol. The summed E-state index contributed by atoms with van der Waals surface area (Å²) in [5.41, 5.74) is 4.39. The average molecular weight is 392 g/mol. The number of hydrogen-bond donors (Lipinski definition) is 1. The molecule has 0 unspecified atom stereocenters. The first-order valence-corrected chi connectivity index (χ1v) is 9.51. The zero-order chi connectivity index (χ0) is 19.7. The van der Waals surface area contributed by atoms with Crippen LogP contribution in [0.5, 0.6) is 0 Å². The van der Waals surface area contributed by atoms with Crippen molar-refractivity contribution in [2.45, 2.75) is 6.92 Å². The second-order valence-corrected chi connectivity index (χ2v) is 7.39. The highest BCUT2D eigenvalue weighted by Gasteiger charge is 2.15. The molecule has 0 spiro atoms. The Morgan fingerprint density at radius 1 is 1.04 bits per heavy atom. The number of carbonyl (C=O) groups excluding carboxylic acids is 1. The predicted octanol–water partition coefficient (Wildman–Crippen LogP) is 4.91. The van der Waals surface area contributed by atoms with Gasteiger partial charge in [-0.05, 0) is 49.4 Å². The van der Waals surface area contributed by atoms with Gasteiger partial charge in [-0.1, -0.05) is 12.1 Å². The Bertz CT molecular complexity index is 1130. The maximum Gasteiger partial charge on any atom is 0.273 e. The van der Waals surface area contributed by atoms with E-state index in [1.165, 1.54) is 16.8 Å². The van der Waals surface area contributed by atoms with Gasteiger partial charge >= 0.3 is 0 Å². The monoisotopic (exact) mass is 392 g/mol. The molecule has 0 atom stereocenters. The van der Waals surface area contributed by atoms with Crippen LogP contribution in [0.4, 0.5) is 10.1 Å². The molecule has 0 aliphatic heterocycles. The summed E-state index contributed by atoms with van der Waals surface area (Å²) in [4.78, 5) is 17.1. The average Bonchev–Trinajstić information content (AvgIpc) is 3.29. The van der Waals surface area contributed by atoms with E-state index in [9.17, 15) is 9.18 Å². The lowest BCUT2D eigenvalue weighted by atomic mass is 10.1. The molecule has 5 nitrogen and oxygen atoms in total. The number of amides is 1. The van der Waals surface area contributed by atoms with Crippen LogP contribution in [0.2, 0.25) is 0 Å². The Kier molecular flexibility index (Phi) is 4.75. The Hall–Kier alpha value is -3.32. The molecule has 0 radical (unpaired) electrons. The molecule has 2 heterocycles. The largest absolute Gasteiger partial charge is 0.321 e. The number of rotatable bonds is 4. The third-order valence-corrected chi connectivity index (χ3v) is 5.08. The minimum atomic E-state index is -0.311. The van der Waals surface area contributed by atoms with Crippen LogP contribution in [0, 0.1) is 12.7 Å². The molecular weight excluding hydrogens is 375 g/mol. The first-order valence-electron chi connectivity index (χ1n) is 8.63. The lowest BCUT2D eigenvalue weighted by Crippen LogP contribution is -2.15. The molecule has 0 saturated heterocycles. The third kappa shape index (κ3) is 3.70. The maximum absolute atomic E-state index is 13.1. The van der Waals surface area contributed by atoms with Crippen LogP contribution in [0.25, 0.3) is 22.5 Å². The van der Waals surface area contributed by atoms with Gasteiger partial charge in [0, 0.05) is 29.2 Å². The summed E-state index contributed by atoms with van der Waals surface area (Å²) < 4.78 is 14.6. The van der Waals surface area contributed by atoms with E-state index in [2.05, 4.69) is 15.4 Å². The molecule has 2 aromatic heterocycles. The highest BCUT2D eigenvalue weighted by atomic mass is 32.1. The Labute approximate surface area is 165 Å². The number of benzene rings is 2. The Balaban J connectivity index is 1.51. The van der Waals surface area contributed by atoms with Gasteiger partial charge in [-0.15, -0.1) is 11.3 Å². The fourth-order valence-corrected chi connectivity index (χ4v) is 3.48. The molecule has 28 heavy (non-hydrogen) atoms. The van der Waals surface area contributed by atoms with Gasteiger partial charge in [0.25, 0.3) is 5.91 Å². The van der Waals surface area contributed by atoms with Gasteiger partial charge in [-0.2, -0.15) is 5.10 Å². The summed E-state index contributed by atoms with van der Waals surface area (Å²) in [5.74, 6) is -0.575. The van der Waals surface area contributed by atoms with Crippen molar-refractivity contribution < 1.29 is 9.18 Å². The fourth-order valence-electron chi connectivity index (χ4n) is 2.86. The standard InChI is InChI=1S/C21H17FN4OS/c1-13-23-19(12-28-13)15-5-9-17(10-6-15)24-21(27)20-11-18(25-26(20)2)14-3-7-16(22)8-4-14/h3-12H,1-2H3,(H,24,27). The smallest absolute Gasteiger partial charge is 0.273 e. The van der Waals surface area contributed by atoms with Crippen molar-refractivity contribution in [3.8, 4) is 22.5 Å². The first-order chi connectivity index (χ1) is 13.5. The van der Waals surface area contributed by atoms with E-state index in [1.807, 2.05) is 36.6 Å². The van der Waals surface area contributed by atoms with Crippen LogP contribution < -0.4 is 5.32 Å². The Morgan fingerprint density at radius 3 is 2.32 bits per heavy atom. The van der Waals surface area contributed by atoms with Crippen molar-refractivity contribution in [2.75, 3.05) is 5.32 Å². The molecule has 1 N–H and O–H groups in total. The van der Waals surface area contributed by atoms with Crippen molar-refractivity contribution in [3.63, 3.8) is 0 Å². The molecule has 140 valence electrons. The number of anilines is 1. The molecule has 0 fully saturated rings. The van der Waals surface area contributed by atoms with E-state index in [0.29, 0.717) is 17.1 Å². The molecule has 1 amide bonds. The summed E-state index contributed by atoms with van der Waals surface area (Å²) in [7, 11) is 1.70. The van der Waals surface area contributed by atoms with Crippen LogP contribution >= 0.6 is 11.3 Å². The van der Waals surface area contributed by atoms with Crippen LogP contribution in [-0.4, -0.2) is 20.7 Å². The van der Waals surface area contributed by atoms with E-state index >= 15 is 0 Å². The Morgan fingerprint density at radius 2 is 1.68 bits per heavy atom. The number of aromatic nitrogens is 3. The van der Waals surface area contributed by atoms with Gasteiger partial charge in [-0.3, -0.25) is 9.48 Å². The van der Waals surface area contributed by atoms with Crippen molar-refractivity contribution >= 4 is 22.9 Å². The molecular formula is C21H17FN4OS. The van der Waals surface area contributed by atoms with E-state index in [0.717, 1.165) is 21.8 Å². The lowest BCUT2D eigenvalue weighted by molar-refractivity contribution is 0.101. The number of thiazole rings is 1. The molecule has 2 aromatic carbocycles. The van der Waals surface area contributed by atoms with Crippen LogP contribution in [0.1, 0.15) is 15.5 Å².